The van der Waals surface area contributed by atoms with Crippen molar-refractivity contribution in [2.75, 3.05) is 0 Å². The van der Waals surface area contributed by atoms with E-state index in [0.29, 0.717) is 18.2 Å². The maximum Gasteiger partial charge on any atom is 0.237 e. The molecule has 0 bridgehead atoms. The summed E-state index contributed by atoms with van der Waals surface area (Å²) in [5, 5.41) is 12.8. The van der Waals surface area contributed by atoms with Crippen LogP contribution in [0.25, 0.3) is 0 Å². The van der Waals surface area contributed by atoms with Crippen molar-refractivity contribution in [3.63, 3.8) is 0 Å². The van der Waals surface area contributed by atoms with Crippen molar-refractivity contribution < 1.29 is 4.52 Å². The first-order valence-corrected chi connectivity index (χ1v) is 6.83. The lowest BCUT2D eigenvalue weighted by Crippen LogP contribution is -2.08. The molecule has 0 aromatic carbocycles. The number of nitrogens with two attached hydrogens (primary N) is 1. The van der Waals surface area contributed by atoms with E-state index in [1.165, 1.54) is 11.8 Å². The van der Waals surface area contributed by atoms with Gasteiger partial charge in [0.1, 0.15) is 5.82 Å². The molecule has 0 saturated carbocycles. The Bertz CT molecular complexity index is 508. The topological polar surface area (TPSA) is 95.6 Å². The molecule has 2 N–H and O–H groups in total. The van der Waals surface area contributed by atoms with E-state index < -0.39 is 0 Å². The van der Waals surface area contributed by atoms with E-state index in [0.717, 1.165) is 29.8 Å². The normalized spacial score (nSPS) is 11.1. The summed E-state index contributed by atoms with van der Waals surface area (Å²) in [6.07, 6.45) is 0.774. The fourth-order valence-corrected chi connectivity index (χ4v) is 2.37. The fraction of sp³-hybridized carbons (Fsp3) is 0.600. The third-order valence-electron chi connectivity index (χ3n) is 2.44. The highest BCUT2D eigenvalue weighted by molar-refractivity contribution is 7.98. The Balaban J connectivity index is 2.03. The number of hydrogen-bond acceptors (Lipinski definition) is 7. The maximum atomic E-state index is 5.59. The quantitative estimate of drug-likeness (QED) is 0.780. The Morgan fingerprint density at radius 2 is 2.17 bits per heavy atom. The molecule has 8 heteroatoms. The van der Waals surface area contributed by atoms with Gasteiger partial charge < -0.3 is 14.8 Å². The van der Waals surface area contributed by atoms with Gasteiger partial charge in [-0.05, 0) is 6.92 Å². The highest BCUT2D eigenvalue weighted by Gasteiger charge is 2.12. The number of thioether (sulfide) groups is 1. The molecule has 18 heavy (non-hydrogen) atoms. The van der Waals surface area contributed by atoms with Gasteiger partial charge in [0, 0.05) is 13.0 Å². The number of hydrogen-bond donors (Lipinski definition) is 1. The summed E-state index contributed by atoms with van der Waals surface area (Å²) < 4.78 is 7.11. The Hall–Kier alpha value is -1.41. The van der Waals surface area contributed by atoms with E-state index in [9.17, 15) is 0 Å². The Morgan fingerprint density at radius 3 is 2.78 bits per heavy atom. The first-order chi connectivity index (χ1) is 8.78. The minimum atomic E-state index is 0.391. The molecule has 0 atom stereocenters. The van der Waals surface area contributed by atoms with Gasteiger partial charge in [0.15, 0.2) is 11.0 Å². The zero-order chi connectivity index (χ0) is 13.0. The Labute approximate surface area is 109 Å². The lowest BCUT2D eigenvalue weighted by Gasteiger charge is -2.04. The molecule has 0 aliphatic carbocycles. The van der Waals surface area contributed by atoms with Crippen molar-refractivity contribution in [2.24, 2.45) is 5.73 Å². The molecule has 2 rings (SSSR count). The number of aryl methyl sites for hydroxylation is 1. The van der Waals surface area contributed by atoms with E-state index in [1.807, 2.05) is 18.4 Å². The summed E-state index contributed by atoms with van der Waals surface area (Å²) in [5.41, 5.74) is 5.59. The number of rotatable bonds is 6. The lowest BCUT2D eigenvalue weighted by molar-refractivity contribution is 0.385. The van der Waals surface area contributed by atoms with Crippen LogP contribution in [0.4, 0.5) is 0 Å². The predicted molar refractivity (Wildman–Crippen MR) is 66.8 cm³/mol. The highest BCUT2D eigenvalue weighted by Crippen LogP contribution is 2.21. The predicted octanol–water partition coefficient (Wildman–Crippen LogP) is 0.994. The Morgan fingerprint density at radius 1 is 1.33 bits per heavy atom. The molecule has 2 aromatic heterocycles. The molecule has 0 radical (unpaired) electrons. The first kappa shape index (κ1) is 13.0. The molecule has 98 valence electrons. The van der Waals surface area contributed by atoms with Crippen LogP contribution in [0.1, 0.15) is 31.4 Å². The van der Waals surface area contributed by atoms with Crippen LogP contribution in [-0.4, -0.2) is 24.9 Å². The van der Waals surface area contributed by atoms with Crippen LogP contribution < -0.4 is 5.73 Å². The summed E-state index contributed by atoms with van der Waals surface area (Å²) in [6, 6.07) is 0. The van der Waals surface area contributed by atoms with Crippen molar-refractivity contribution in [1.82, 2.24) is 24.9 Å². The molecule has 0 aliphatic heterocycles. The molecule has 0 unspecified atom stereocenters. The molecule has 0 saturated heterocycles. The smallest absolute Gasteiger partial charge is 0.237 e. The average molecular weight is 268 g/mol. The largest absolute Gasteiger partial charge is 0.338 e. The SMILES string of the molecule is CCc1noc(CSc2nnc(CN)n2CC)n1. The van der Waals surface area contributed by atoms with Gasteiger partial charge in [-0.25, -0.2) is 0 Å². The van der Waals surface area contributed by atoms with Crippen molar-refractivity contribution in [2.45, 2.75) is 44.3 Å². The van der Waals surface area contributed by atoms with Gasteiger partial charge in [-0.1, -0.05) is 23.8 Å². The maximum absolute atomic E-state index is 5.59. The molecule has 2 heterocycles. The second kappa shape index (κ2) is 5.96. The van der Waals surface area contributed by atoms with Gasteiger partial charge in [-0.2, -0.15) is 4.98 Å². The van der Waals surface area contributed by atoms with Crippen LogP contribution in [0, 0.1) is 0 Å². The molecule has 0 aliphatic rings. The molecule has 0 fully saturated rings. The van der Waals surface area contributed by atoms with Crippen LogP contribution in [0.5, 0.6) is 0 Å². The standard InChI is InChI=1S/C10H16N6OS/c1-3-7-12-9(17-15-7)6-18-10-14-13-8(5-11)16(10)4-2/h3-6,11H2,1-2H3. The van der Waals surface area contributed by atoms with Gasteiger partial charge in [-0.15, -0.1) is 10.2 Å². The fourth-order valence-electron chi connectivity index (χ4n) is 1.51. The third-order valence-corrected chi connectivity index (χ3v) is 3.39. The van der Waals surface area contributed by atoms with Crippen LogP contribution in [-0.2, 0) is 25.3 Å². The van der Waals surface area contributed by atoms with E-state index in [4.69, 9.17) is 10.3 Å². The molecular weight excluding hydrogens is 252 g/mol. The first-order valence-electron chi connectivity index (χ1n) is 5.84. The summed E-state index contributed by atoms with van der Waals surface area (Å²) in [6.45, 7) is 5.21. The van der Waals surface area contributed by atoms with Gasteiger partial charge in [0.05, 0.1) is 12.3 Å². The minimum Gasteiger partial charge on any atom is -0.338 e. The minimum absolute atomic E-state index is 0.391. The average Bonchev–Trinajstić information content (AvgIpc) is 3.01. The number of nitrogens with zero attached hydrogens (tertiary/aromatic N) is 5. The van der Waals surface area contributed by atoms with Crippen LogP contribution in [0.2, 0.25) is 0 Å². The van der Waals surface area contributed by atoms with Crippen LogP contribution >= 0.6 is 11.8 Å². The molecule has 0 spiro atoms. The monoisotopic (exact) mass is 268 g/mol. The van der Waals surface area contributed by atoms with E-state index >= 15 is 0 Å². The summed E-state index contributed by atoms with van der Waals surface area (Å²) in [5.74, 6) is 2.72. The molecule has 0 amide bonds. The van der Waals surface area contributed by atoms with Gasteiger partial charge in [0.25, 0.3) is 0 Å². The summed E-state index contributed by atoms with van der Waals surface area (Å²) >= 11 is 1.52. The van der Waals surface area contributed by atoms with Crippen LogP contribution in [0.3, 0.4) is 0 Å². The number of aromatic nitrogens is 5. The zero-order valence-corrected chi connectivity index (χ0v) is 11.3. The molecule has 7 nitrogen and oxygen atoms in total. The van der Waals surface area contributed by atoms with Crippen molar-refractivity contribution >= 4 is 11.8 Å². The van der Waals surface area contributed by atoms with Crippen molar-refractivity contribution in [3.05, 3.63) is 17.5 Å². The van der Waals surface area contributed by atoms with Gasteiger partial charge in [0.2, 0.25) is 5.89 Å². The van der Waals surface area contributed by atoms with Crippen molar-refractivity contribution in [1.29, 1.82) is 0 Å². The highest BCUT2D eigenvalue weighted by atomic mass is 32.2. The van der Waals surface area contributed by atoms with E-state index in [2.05, 4.69) is 20.3 Å². The second-order valence-corrected chi connectivity index (χ2v) is 4.54. The van der Waals surface area contributed by atoms with E-state index in [1.54, 1.807) is 0 Å². The molecular formula is C10H16N6OS. The third kappa shape index (κ3) is 2.70. The van der Waals surface area contributed by atoms with E-state index in [-0.39, 0.29) is 0 Å². The summed E-state index contributed by atoms with van der Waals surface area (Å²) in [4.78, 5) is 4.25. The molecule has 2 aromatic rings. The lowest BCUT2D eigenvalue weighted by atomic mass is 10.5. The second-order valence-electron chi connectivity index (χ2n) is 3.59. The van der Waals surface area contributed by atoms with Crippen LogP contribution in [0.15, 0.2) is 9.68 Å². The van der Waals surface area contributed by atoms with Gasteiger partial charge >= 0.3 is 0 Å². The summed E-state index contributed by atoms with van der Waals surface area (Å²) in [7, 11) is 0. The van der Waals surface area contributed by atoms with Crippen molar-refractivity contribution in [3.8, 4) is 0 Å². The Kier molecular flexibility index (Phi) is 4.32. The van der Waals surface area contributed by atoms with Gasteiger partial charge in [-0.3, -0.25) is 0 Å². The zero-order valence-electron chi connectivity index (χ0n) is 10.5.